The molecule has 23 heavy (non-hydrogen) atoms. The fourth-order valence-corrected chi connectivity index (χ4v) is 2.73. The van der Waals surface area contributed by atoms with Crippen molar-refractivity contribution in [3.63, 3.8) is 0 Å². The number of aliphatic imine (C=N–C) groups is 1. The van der Waals surface area contributed by atoms with E-state index < -0.39 is 0 Å². The van der Waals surface area contributed by atoms with E-state index in [1.807, 2.05) is 0 Å². The first-order valence-corrected chi connectivity index (χ1v) is 9.40. The second-order valence-electron chi connectivity index (χ2n) is 7.74. The van der Waals surface area contributed by atoms with Crippen LogP contribution in [0.4, 0.5) is 0 Å². The highest BCUT2D eigenvalue weighted by Crippen LogP contribution is 2.15. The molecular weight excluding hydrogens is 286 g/mol. The van der Waals surface area contributed by atoms with E-state index in [4.69, 9.17) is 0 Å². The first-order valence-electron chi connectivity index (χ1n) is 9.40. The molecule has 0 aromatic rings. The van der Waals surface area contributed by atoms with Crippen LogP contribution in [0.1, 0.15) is 53.9 Å². The normalized spacial score (nSPS) is 18.2. The lowest BCUT2D eigenvalue weighted by Crippen LogP contribution is -2.44. The van der Waals surface area contributed by atoms with Crippen LogP contribution in [0.15, 0.2) is 4.99 Å². The highest BCUT2D eigenvalue weighted by molar-refractivity contribution is 5.79. The molecule has 0 saturated carbocycles. The van der Waals surface area contributed by atoms with Crippen molar-refractivity contribution in [3.05, 3.63) is 0 Å². The number of piperidine rings is 1. The van der Waals surface area contributed by atoms with Crippen LogP contribution in [0.25, 0.3) is 0 Å². The third-order valence-corrected chi connectivity index (χ3v) is 4.20. The SMILES string of the molecule is CCNC(=NCCCN1CCC(C)CC1)NCCNC(C)(C)C. The van der Waals surface area contributed by atoms with Crippen LogP contribution in [0.2, 0.25) is 0 Å². The van der Waals surface area contributed by atoms with E-state index >= 15 is 0 Å². The fraction of sp³-hybridized carbons (Fsp3) is 0.944. The lowest BCUT2D eigenvalue weighted by molar-refractivity contribution is 0.192. The average Bonchev–Trinajstić information content (AvgIpc) is 2.48. The minimum absolute atomic E-state index is 0.170. The molecule has 0 aliphatic carbocycles. The number of nitrogens with one attached hydrogen (secondary N) is 3. The van der Waals surface area contributed by atoms with E-state index in [2.05, 4.69) is 60.5 Å². The second kappa shape index (κ2) is 10.9. The van der Waals surface area contributed by atoms with Crippen molar-refractivity contribution in [1.29, 1.82) is 0 Å². The molecule has 1 aliphatic rings. The molecule has 0 spiro atoms. The molecule has 0 atom stereocenters. The Morgan fingerprint density at radius 1 is 1.13 bits per heavy atom. The maximum Gasteiger partial charge on any atom is 0.191 e. The summed E-state index contributed by atoms with van der Waals surface area (Å²) in [5.41, 5.74) is 0.170. The summed E-state index contributed by atoms with van der Waals surface area (Å²) in [5.74, 6) is 1.85. The van der Waals surface area contributed by atoms with Gasteiger partial charge >= 0.3 is 0 Å². The minimum Gasteiger partial charge on any atom is -0.357 e. The zero-order valence-corrected chi connectivity index (χ0v) is 16.0. The Bertz CT molecular complexity index is 327. The smallest absolute Gasteiger partial charge is 0.191 e. The molecule has 1 heterocycles. The summed E-state index contributed by atoms with van der Waals surface area (Å²) < 4.78 is 0. The first kappa shape index (κ1) is 20.2. The summed E-state index contributed by atoms with van der Waals surface area (Å²) in [5, 5.41) is 10.2. The number of hydrogen-bond acceptors (Lipinski definition) is 3. The van der Waals surface area contributed by atoms with Gasteiger partial charge in [-0.1, -0.05) is 6.92 Å². The molecular formula is C18H39N5. The van der Waals surface area contributed by atoms with Crippen molar-refractivity contribution in [3.8, 4) is 0 Å². The Labute approximate surface area is 143 Å². The quantitative estimate of drug-likeness (QED) is 0.363. The highest BCUT2D eigenvalue weighted by Gasteiger charge is 2.14. The Balaban J connectivity index is 2.18. The van der Waals surface area contributed by atoms with Crippen molar-refractivity contribution in [2.45, 2.75) is 59.4 Å². The lowest BCUT2D eigenvalue weighted by atomic mass is 9.99. The zero-order valence-electron chi connectivity index (χ0n) is 16.0. The fourth-order valence-electron chi connectivity index (χ4n) is 2.73. The standard InChI is InChI=1S/C18H39N5/c1-6-19-17(21-11-12-22-18(3,4)5)20-10-7-13-23-14-8-16(2)9-15-23/h16,22H,6-15H2,1-5H3,(H2,19,20,21). The van der Waals surface area contributed by atoms with Gasteiger partial charge in [0.2, 0.25) is 0 Å². The Kier molecular flexibility index (Phi) is 9.56. The monoisotopic (exact) mass is 325 g/mol. The van der Waals surface area contributed by atoms with Gasteiger partial charge in [-0.3, -0.25) is 4.99 Å². The predicted octanol–water partition coefficient (Wildman–Crippen LogP) is 2.05. The van der Waals surface area contributed by atoms with Gasteiger partial charge in [0.1, 0.15) is 0 Å². The summed E-state index contributed by atoms with van der Waals surface area (Å²) in [4.78, 5) is 7.27. The molecule has 5 nitrogen and oxygen atoms in total. The van der Waals surface area contributed by atoms with E-state index in [1.54, 1.807) is 0 Å². The molecule has 0 aromatic heterocycles. The minimum atomic E-state index is 0.170. The third-order valence-electron chi connectivity index (χ3n) is 4.20. The number of likely N-dealkylation sites (tertiary alicyclic amines) is 1. The van der Waals surface area contributed by atoms with E-state index in [-0.39, 0.29) is 5.54 Å². The highest BCUT2D eigenvalue weighted by atomic mass is 15.2. The molecule has 0 unspecified atom stereocenters. The predicted molar refractivity (Wildman–Crippen MR) is 101 cm³/mol. The average molecular weight is 326 g/mol. The van der Waals surface area contributed by atoms with Crippen molar-refractivity contribution < 1.29 is 0 Å². The van der Waals surface area contributed by atoms with Crippen LogP contribution in [-0.4, -0.2) is 62.2 Å². The molecule has 0 bridgehead atoms. The Morgan fingerprint density at radius 2 is 1.83 bits per heavy atom. The molecule has 136 valence electrons. The van der Waals surface area contributed by atoms with Crippen LogP contribution in [0.5, 0.6) is 0 Å². The molecule has 0 aromatic carbocycles. The summed E-state index contributed by atoms with van der Waals surface area (Å²) in [6.07, 6.45) is 3.85. The van der Waals surface area contributed by atoms with E-state index in [1.165, 1.54) is 32.5 Å². The summed E-state index contributed by atoms with van der Waals surface area (Å²) in [6, 6.07) is 0. The Morgan fingerprint density at radius 3 is 2.43 bits per heavy atom. The van der Waals surface area contributed by atoms with Crippen LogP contribution < -0.4 is 16.0 Å². The van der Waals surface area contributed by atoms with Crippen molar-refractivity contribution in [1.82, 2.24) is 20.9 Å². The van der Waals surface area contributed by atoms with Crippen LogP contribution in [-0.2, 0) is 0 Å². The summed E-state index contributed by atoms with van der Waals surface area (Å²) in [6.45, 7) is 18.4. The van der Waals surface area contributed by atoms with Crippen LogP contribution in [0, 0.1) is 5.92 Å². The molecule has 5 heteroatoms. The number of nitrogens with zero attached hydrogens (tertiary/aromatic N) is 2. The van der Waals surface area contributed by atoms with Crippen LogP contribution in [0.3, 0.4) is 0 Å². The van der Waals surface area contributed by atoms with E-state index in [0.29, 0.717) is 0 Å². The Hall–Kier alpha value is -0.810. The summed E-state index contributed by atoms with van der Waals surface area (Å²) >= 11 is 0. The largest absolute Gasteiger partial charge is 0.357 e. The first-order chi connectivity index (χ1) is 10.9. The van der Waals surface area contributed by atoms with Crippen molar-refractivity contribution in [2.24, 2.45) is 10.9 Å². The third kappa shape index (κ3) is 10.6. The number of rotatable bonds is 8. The van der Waals surface area contributed by atoms with Crippen LogP contribution >= 0.6 is 0 Å². The molecule has 0 amide bonds. The second-order valence-corrected chi connectivity index (χ2v) is 7.74. The van der Waals surface area contributed by atoms with Crippen molar-refractivity contribution >= 4 is 5.96 Å². The van der Waals surface area contributed by atoms with Gasteiger partial charge in [0.15, 0.2) is 5.96 Å². The zero-order chi connectivity index (χ0) is 17.1. The molecule has 0 radical (unpaired) electrons. The molecule has 1 aliphatic heterocycles. The maximum absolute atomic E-state index is 4.69. The van der Waals surface area contributed by atoms with E-state index in [9.17, 15) is 0 Å². The lowest BCUT2D eigenvalue weighted by Gasteiger charge is -2.29. The van der Waals surface area contributed by atoms with Gasteiger partial charge in [-0.25, -0.2) is 0 Å². The maximum atomic E-state index is 4.69. The van der Waals surface area contributed by atoms with Gasteiger partial charge in [0.05, 0.1) is 0 Å². The van der Waals surface area contributed by atoms with Crippen molar-refractivity contribution in [2.75, 3.05) is 45.8 Å². The van der Waals surface area contributed by atoms with E-state index in [0.717, 1.165) is 44.5 Å². The van der Waals surface area contributed by atoms with Gasteiger partial charge in [-0.2, -0.15) is 0 Å². The topological polar surface area (TPSA) is 51.7 Å². The summed E-state index contributed by atoms with van der Waals surface area (Å²) in [7, 11) is 0. The molecule has 1 fully saturated rings. The van der Waals surface area contributed by atoms with Gasteiger partial charge in [-0.05, 0) is 72.5 Å². The molecule has 3 N–H and O–H groups in total. The van der Waals surface area contributed by atoms with Gasteiger partial charge in [-0.15, -0.1) is 0 Å². The van der Waals surface area contributed by atoms with Gasteiger partial charge < -0.3 is 20.9 Å². The van der Waals surface area contributed by atoms with Gasteiger partial charge in [0.25, 0.3) is 0 Å². The number of hydrogen-bond donors (Lipinski definition) is 3. The molecule has 1 rings (SSSR count). The number of guanidine groups is 1. The molecule has 1 saturated heterocycles. The van der Waals surface area contributed by atoms with Gasteiger partial charge in [0, 0.05) is 31.7 Å².